The highest BCUT2D eigenvalue weighted by molar-refractivity contribution is 8.00. The molecule has 0 aliphatic carbocycles. The molecule has 0 bridgehead atoms. The average Bonchev–Trinajstić information content (AvgIpc) is 2.66. The van der Waals surface area contributed by atoms with Crippen LogP contribution in [0.3, 0.4) is 0 Å². The molecular formula is C10H7Cl2N2O4P. The van der Waals surface area contributed by atoms with E-state index in [1.54, 1.807) is 6.92 Å². The van der Waals surface area contributed by atoms with E-state index in [0.29, 0.717) is 22.8 Å². The molecular weight excluding hydrogens is 314 g/mol. The third-order valence-electron chi connectivity index (χ3n) is 2.68. The van der Waals surface area contributed by atoms with E-state index >= 15 is 0 Å². The van der Waals surface area contributed by atoms with E-state index in [1.165, 1.54) is 12.1 Å². The second-order valence-electron chi connectivity index (χ2n) is 3.67. The van der Waals surface area contributed by atoms with Gasteiger partial charge in [-0.2, -0.15) is 0 Å². The standard InChI is InChI=1S/C10H7Cl2N2O4P/c1-5-8(14(16)17)3-2-6-7(4-15)10(13-9(5)6)18-19(11)12/h2-4,13H,1H3. The number of nitrogens with zero attached hydrogens (tertiary/aromatic N) is 1. The minimum Gasteiger partial charge on any atom is -0.428 e. The molecule has 1 heterocycles. The summed E-state index contributed by atoms with van der Waals surface area (Å²) in [5, 5.41) is 11.4. The largest absolute Gasteiger partial charge is 0.428 e. The molecule has 0 fully saturated rings. The molecule has 100 valence electrons. The van der Waals surface area contributed by atoms with Gasteiger partial charge in [0, 0.05) is 11.5 Å². The first-order chi connectivity index (χ1) is 8.95. The number of aromatic amines is 1. The number of benzene rings is 1. The SMILES string of the molecule is Cc1c([N+](=O)[O-])ccc2c(C=O)c(OP(Cl)Cl)[nH]c12. The summed E-state index contributed by atoms with van der Waals surface area (Å²) in [6.07, 6.45) is 0.589. The van der Waals surface area contributed by atoms with Crippen molar-refractivity contribution in [3.8, 4) is 5.88 Å². The number of carbonyl (C=O) groups is 1. The zero-order valence-corrected chi connectivity index (χ0v) is 11.9. The lowest BCUT2D eigenvalue weighted by atomic mass is 10.1. The number of fused-ring (bicyclic) bond motifs is 1. The first kappa shape index (κ1) is 14.1. The van der Waals surface area contributed by atoms with Crippen LogP contribution < -0.4 is 4.52 Å². The molecule has 6 nitrogen and oxygen atoms in total. The Hall–Kier alpha value is -1.36. The van der Waals surface area contributed by atoms with Crippen molar-refractivity contribution in [2.45, 2.75) is 6.92 Å². The Kier molecular flexibility index (Phi) is 3.94. The fourth-order valence-corrected chi connectivity index (χ4v) is 2.54. The number of nitro benzene ring substituents is 1. The summed E-state index contributed by atoms with van der Waals surface area (Å²) in [7, 11) is 0. The summed E-state index contributed by atoms with van der Waals surface area (Å²) in [6, 6.07) is 2.82. The van der Waals surface area contributed by atoms with Crippen LogP contribution in [0.1, 0.15) is 15.9 Å². The van der Waals surface area contributed by atoms with E-state index in [4.69, 9.17) is 27.0 Å². The van der Waals surface area contributed by atoms with Gasteiger partial charge in [-0.25, -0.2) is 0 Å². The van der Waals surface area contributed by atoms with Crippen LogP contribution in [-0.4, -0.2) is 16.2 Å². The van der Waals surface area contributed by atoms with Gasteiger partial charge in [-0.05, 0) is 35.5 Å². The zero-order valence-electron chi connectivity index (χ0n) is 9.52. The molecule has 1 aromatic carbocycles. The number of hydrogen-bond donors (Lipinski definition) is 1. The lowest BCUT2D eigenvalue weighted by Gasteiger charge is -2.01. The number of aldehydes is 1. The average molecular weight is 321 g/mol. The predicted molar refractivity (Wildman–Crippen MR) is 74.3 cm³/mol. The Balaban J connectivity index is 2.71. The van der Waals surface area contributed by atoms with Gasteiger partial charge in [0.05, 0.1) is 21.6 Å². The molecule has 0 saturated heterocycles. The minimum atomic E-state index is -1.74. The van der Waals surface area contributed by atoms with Crippen LogP contribution in [-0.2, 0) is 0 Å². The van der Waals surface area contributed by atoms with Gasteiger partial charge in [-0.3, -0.25) is 14.9 Å². The molecule has 0 radical (unpaired) electrons. The number of hydrogen-bond acceptors (Lipinski definition) is 4. The normalized spacial score (nSPS) is 10.9. The van der Waals surface area contributed by atoms with Gasteiger partial charge in [-0.1, -0.05) is 0 Å². The van der Waals surface area contributed by atoms with Gasteiger partial charge in [0.15, 0.2) is 6.29 Å². The van der Waals surface area contributed by atoms with Gasteiger partial charge in [0.25, 0.3) is 12.5 Å². The molecule has 0 atom stereocenters. The van der Waals surface area contributed by atoms with Crippen molar-refractivity contribution in [2.24, 2.45) is 0 Å². The Morgan fingerprint density at radius 3 is 2.68 bits per heavy atom. The van der Waals surface area contributed by atoms with Crippen molar-refractivity contribution >= 4 is 52.2 Å². The van der Waals surface area contributed by atoms with E-state index in [0.717, 1.165) is 0 Å². The van der Waals surface area contributed by atoms with Crippen LogP contribution in [0.15, 0.2) is 12.1 Å². The second kappa shape index (κ2) is 5.33. The lowest BCUT2D eigenvalue weighted by molar-refractivity contribution is -0.385. The number of carbonyl (C=O) groups excluding carboxylic acids is 1. The fraction of sp³-hybridized carbons (Fsp3) is 0.100. The molecule has 19 heavy (non-hydrogen) atoms. The van der Waals surface area contributed by atoms with Crippen molar-refractivity contribution in [1.82, 2.24) is 4.98 Å². The summed E-state index contributed by atoms with van der Waals surface area (Å²) in [5.74, 6) is 0.115. The summed E-state index contributed by atoms with van der Waals surface area (Å²) in [5.41, 5.74) is 1.06. The van der Waals surface area contributed by atoms with Crippen molar-refractivity contribution < 1.29 is 14.2 Å². The predicted octanol–water partition coefficient (Wildman–Crippen LogP) is 4.28. The van der Waals surface area contributed by atoms with Crippen LogP contribution in [0, 0.1) is 17.0 Å². The van der Waals surface area contributed by atoms with Crippen LogP contribution >= 0.6 is 29.3 Å². The molecule has 2 aromatic rings. The van der Waals surface area contributed by atoms with Crippen LogP contribution in [0.4, 0.5) is 5.69 Å². The molecule has 0 unspecified atom stereocenters. The van der Waals surface area contributed by atoms with Gasteiger partial charge in [0.2, 0.25) is 5.88 Å². The third kappa shape index (κ3) is 2.52. The number of halogens is 2. The summed E-state index contributed by atoms with van der Waals surface area (Å²) in [6.45, 7) is -0.162. The summed E-state index contributed by atoms with van der Waals surface area (Å²) >= 11 is 11.1. The van der Waals surface area contributed by atoms with Gasteiger partial charge in [0.1, 0.15) is 0 Å². The Morgan fingerprint density at radius 2 is 2.16 bits per heavy atom. The Morgan fingerprint density at radius 1 is 1.47 bits per heavy atom. The van der Waals surface area contributed by atoms with E-state index in [1.807, 2.05) is 0 Å². The lowest BCUT2D eigenvalue weighted by Crippen LogP contribution is -1.92. The maximum absolute atomic E-state index is 11.1. The molecule has 0 amide bonds. The second-order valence-corrected chi connectivity index (χ2v) is 6.62. The quantitative estimate of drug-likeness (QED) is 0.394. The smallest absolute Gasteiger partial charge is 0.285 e. The monoisotopic (exact) mass is 320 g/mol. The molecule has 1 aromatic heterocycles. The highest BCUT2D eigenvalue weighted by Gasteiger charge is 2.20. The maximum Gasteiger partial charge on any atom is 0.285 e. The number of nitrogens with one attached hydrogen (secondary N) is 1. The fourth-order valence-electron chi connectivity index (χ4n) is 1.85. The minimum absolute atomic E-state index is 0.0447. The van der Waals surface area contributed by atoms with Gasteiger partial charge >= 0.3 is 0 Å². The number of nitro groups is 1. The summed E-state index contributed by atoms with van der Waals surface area (Å²) in [4.78, 5) is 24.3. The maximum atomic E-state index is 11.1. The topological polar surface area (TPSA) is 85.2 Å². The first-order valence-corrected chi connectivity index (χ1v) is 8.07. The highest BCUT2D eigenvalue weighted by atomic mass is 35.9. The highest BCUT2D eigenvalue weighted by Crippen LogP contribution is 2.49. The molecule has 0 aliphatic heterocycles. The van der Waals surface area contributed by atoms with Crippen molar-refractivity contribution in [3.05, 3.63) is 33.4 Å². The van der Waals surface area contributed by atoms with E-state index in [9.17, 15) is 14.9 Å². The molecule has 1 N–H and O–H groups in total. The van der Waals surface area contributed by atoms with Crippen LogP contribution in [0.5, 0.6) is 5.88 Å². The summed E-state index contributed by atoms with van der Waals surface area (Å²) < 4.78 is 5.12. The molecule has 0 aliphatic rings. The number of H-pyrrole nitrogens is 1. The van der Waals surface area contributed by atoms with Crippen molar-refractivity contribution in [3.63, 3.8) is 0 Å². The van der Waals surface area contributed by atoms with E-state index in [-0.39, 0.29) is 17.1 Å². The third-order valence-corrected chi connectivity index (χ3v) is 3.42. The van der Waals surface area contributed by atoms with E-state index in [2.05, 4.69) is 4.98 Å². The van der Waals surface area contributed by atoms with Crippen LogP contribution in [0.2, 0.25) is 0 Å². The molecule has 0 spiro atoms. The molecule has 9 heteroatoms. The Bertz CT molecular complexity index is 671. The zero-order chi connectivity index (χ0) is 14.2. The van der Waals surface area contributed by atoms with E-state index < -0.39 is 11.8 Å². The van der Waals surface area contributed by atoms with Gasteiger partial charge < -0.3 is 9.51 Å². The first-order valence-electron chi connectivity index (χ1n) is 5.00. The van der Waals surface area contributed by atoms with Crippen molar-refractivity contribution in [2.75, 3.05) is 0 Å². The van der Waals surface area contributed by atoms with Crippen LogP contribution in [0.25, 0.3) is 10.9 Å². The molecule has 0 saturated carbocycles. The number of rotatable bonds is 4. The van der Waals surface area contributed by atoms with Crippen molar-refractivity contribution in [1.29, 1.82) is 0 Å². The number of aryl methyl sites for hydroxylation is 1. The Labute approximate surface area is 118 Å². The van der Waals surface area contributed by atoms with Gasteiger partial charge in [-0.15, -0.1) is 0 Å². The molecule has 2 rings (SSSR count). The number of aromatic nitrogens is 1.